The molecule has 5 aliphatic carbocycles. The van der Waals surface area contributed by atoms with E-state index in [2.05, 4.69) is 25.8 Å². The van der Waals surface area contributed by atoms with Crippen LogP contribution >= 0.6 is 0 Å². The van der Waals surface area contributed by atoms with E-state index < -0.39 is 17.4 Å². The first-order valence-electron chi connectivity index (χ1n) is 11.2. The molecule has 4 heteroatoms. The molecule has 0 aromatic heterocycles. The van der Waals surface area contributed by atoms with E-state index in [0.717, 1.165) is 18.9 Å². The molecule has 0 bridgehead atoms. The molecule has 4 saturated carbocycles. The molecule has 4 fully saturated rings. The summed E-state index contributed by atoms with van der Waals surface area (Å²) in [5.74, 6) is -1.47. The van der Waals surface area contributed by atoms with Gasteiger partial charge in [-0.25, -0.2) is 0 Å². The van der Waals surface area contributed by atoms with E-state index in [0.29, 0.717) is 35.6 Å². The second-order valence-corrected chi connectivity index (χ2v) is 10.9. The summed E-state index contributed by atoms with van der Waals surface area (Å²) in [6, 6.07) is 1.46. The van der Waals surface area contributed by atoms with Gasteiger partial charge in [-0.1, -0.05) is 19.9 Å². The van der Waals surface area contributed by atoms with Crippen LogP contribution in [0.15, 0.2) is 11.6 Å². The number of rotatable bonds is 2. The minimum atomic E-state index is -3.04. The molecule has 0 aromatic rings. The van der Waals surface area contributed by atoms with Gasteiger partial charge in [-0.3, -0.25) is 4.90 Å². The van der Waals surface area contributed by atoms with E-state index in [-0.39, 0.29) is 12.0 Å². The van der Waals surface area contributed by atoms with Gasteiger partial charge in [0.25, 0.3) is 5.92 Å². The van der Waals surface area contributed by atoms with Gasteiger partial charge in [0.15, 0.2) is 0 Å². The average Bonchev–Trinajstić information content (AvgIpc) is 3.40. The molecular formula is C23H35F2NO. The Morgan fingerprint density at radius 3 is 2.44 bits per heavy atom. The summed E-state index contributed by atoms with van der Waals surface area (Å²) in [4.78, 5) is 2.66. The first-order valence-corrected chi connectivity index (χ1v) is 11.2. The lowest BCUT2D eigenvalue weighted by molar-refractivity contribution is -0.142. The smallest absolute Gasteiger partial charge is 0.295 e. The molecule has 0 saturated heterocycles. The fourth-order valence-electron chi connectivity index (χ4n) is 8.11. The summed E-state index contributed by atoms with van der Waals surface area (Å²) >= 11 is 0. The Balaban J connectivity index is 1.46. The van der Waals surface area contributed by atoms with Crippen molar-refractivity contribution in [2.45, 2.75) is 95.7 Å². The molecule has 27 heavy (non-hydrogen) atoms. The van der Waals surface area contributed by atoms with Crippen LogP contribution in [-0.2, 0) is 0 Å². The Bertz CT molecular complexity index is 659. The molecule has 1 N–H and O–H groups in total. The molecule has 7 atom stereocenters. The summed E-state index contributed by atoms with van der Waals surface area (Å²) in [5.41, 5.74) is 0.188. The van der Waals surface area contributed by atoms with Crippen molar-refractivity contribution in [1.29, 1.82) is 0 Å². The predicted molar refractivity (Wildman–Crippen MR) is 103 cm³/mol. The van der Waals surface area contributed by atoms with Crippen molar-refractivity contribution < 1.29 is 13.9 Å². The normalized spacial score (nSPS) is 51.4. The van der Waals surface area contributed by atoms with Crippen LogP contribution in [0, 0.1) is 28.6 Å². The zero-order chi connectivity index (χ0) is 19.2. The number of alkyl halides is 2. The number of aliphatic hydroxyl groups is 1. The lowest BCUT2D eigenvalue weighted by Crippen LogP contribution is -2.57. The molecule has 0 spiro atoms. The fraction of sp³-hybridized carbons (Fsp3) is 0.913. The van der Waals surface area contributed by atoms with E-state index in [1.54, 1.807) is 0 Å². The van der Waals surface area contributed by atoms with E-state index in [1.807, 2.05) is 6.08 Å². The largest absolute Gasteiger partial charge is 0.386 e. The fourth-order valence-corrected chi connectivity index (χ4v) is 8.11. The highest BCUT2D eigenvalue weighted by atomic mass is 19.3. The number of hydrogen-bond acceptors (Lipinski definition) is 2. The zero-order valence-corrected chi connectivity index (χ0v) is 17.1. The molecule has 0 aliphatic heterocycles. The van der Waals surface area contributed by atoms with Crippen LogP contribution < -0.4 is 0 Å². The van der Waals surface area contributed by atoms with E-state index >= 15 is 0 Å². The van der Waals surface area contributed by atoms with Crippen molar-refractivity contribution in [3.63, 3.8) is 0 Å². The van der Waals surface area contributed by atoms with Crippen molar-refractivity contribution in [2.75, 3.05) is 7.05 Å². The Morgan fingerprint density at radius 2 is 1.74 bits per heavy atom. The average molecular weight is 380 g/mol. The number of hydrogen-bond donors (Lipinski definition) is 1. The van der Waals surface area contributed by atoms with Gasteiger partial charge in [-0.2, -0.15) is 8.78 Å². The second kappa shape index (κ2) is 5.78. The Kier molecular flexibility index (Phi) is 3.97. The standard InChI is InChI=1S/C23H35F2NO/c1-21-13-11-20(27)23(24,25)18(21)8-6-15-16-7-9-19(26(3)14-4-5-14)22(16,2)12-10-17(15)21/h8,14-17,19-20,27H,4-7,9-13H2,1-3H3/t15-,16-,17+,19?,20?,21+,22-/m0/s1. The molecule has 0 heterocycles. The quantitative estimate of drug-likeness (QED) is 0.681. The third-order valence-electron chi connectivity index (χ3n) is 9.74. The highest BCUT2D eigenvalue weighted by molar-refractivity contribution is 5.32. The highest BCUT2D eigenvalue weighted by Crippen LogP contribution is 2.67. The third-order valence-corrected chi connectivity index (χ3v) is 9.74. The minimum absolute atomic E-state index is 0.235. The predicted octanol–water partition coefficient (Wildman–Crippen LogP) is 5.02. The molecular weight excluding hydrogens is 344 g/mol. The molecule has 5 rings (SSSR count). The van der Waals surface area contributed by atoms with Crippen LogP contribution in [0.5, 0.6) is 0 Å². The third kappa shape index (κ3) is 2.41. The lowest BCUT2D eigenvalue weighted by atomic mass is 9.47. The lowest BCUT2D eigenvalue weighted by Gasteiger charge is -2.59. The minimum Gasteiger partial charge on any atom is -0.386 e. The molecule has 0 aromatic carbocycles. The summed E-state index contributed by atoms with van der Waals surface area (Å²) in [7, 11) is 2.32. The van der Waals surface area contributed by atoms with Gasteiger partial charge in [0.1, 0.15) is 6.10 Å². The SMILES string of the molecule is CN(C1CC1)C1CC[C@H]2[C@@H]3CC=C4C(F)(F)C(O)CC[C@]4(C)[C@@H]3CC[C@]12C. The molecule has 5 aliphatic rings. The first-order chi connectivity index (χ1) is 12.7. The maximum atomic E-state index is 14.8. The first kappa shape index (κ1) is 18.5. The Labute approximate surface area is 162 Å². The number of nitrogens with zero attached hydrogens (tertiary/aromatic N) is 1. The van der Waals surface area contributed by atoms with Gasteiger partial charge < -0.3 is 5.11 Å². The number of fused-ring (bicyclic) bond motifs is 5. The van der Waals surface area contributed by atoms with Crippen molar-refractivity contribution in [2.24, 2.45) is 28.6 Å². The van der Waals surface area contributed by atoms with Crippen LogP contribution in [0.2, 0.25) is 0 Å². The summed E-state index contributed by atoms with van der Waals surface area (Å²) in [5, 5.41) is 9.93. The van der Waals surface area contributed by atoms with Gasteiger partial charge in [-0.05, 0) is 93.4 Å². The Hall–Kier alpha value is -0.480. The van der Waals surface area contributed by atoms with Gasteiger partial charge in [-0.15, -0.1) is 0 Å². The van der Waals surface area contributed by atoms with Crippen LogP contribution in [0.1, 0.15) is 71.6 Å². The topological polar surface area (TPSA) is 23.5 Å². The summed E-state index contributed by atoms with van der Waals surface area (Å²) in [6.45, 7) is 4.59. The molecule has 0 radical (unpaired) electrons. The monoisotopic (exact) mass is 379 g/mol. The van der Waals surface area contributed by atoms with Gasteiger partial charge in [0.2, 0.25) is 0 Å². The van der Waals surface area contributed by atoms with E-state index in [1.165, 1.54) is 32.1 Å². The van der Waals surface area contributed by atoms with Gasteiger partial charge in [0, 0.05) is 17.7 Å². The maximum absolute atomic E-state index is 14.8. The van der Waals surface area contributed by atoms with Crippen LogP contribution in [0.4, 0.5) is 8.78 Å². The molecule has 2 nitrogen and oxygen atoms in total. The molecule has 0 amide bonds. The van der Waals surface area contributed by atoms with Crippen molar-refractivity contribution in [3.05, 3.63) is 11.6 Å². The zero-order valence-electron chi connectivity index (χ0n) is 17.1. The summed E-state index contributed by atoms with van der Waals surface area (Å²) < 4.78 is 29.6. The molecule has 2 unspecified atom stereocenters. The highest BCUT2D eigenvalue weighted by Gasteiger charge is 2.64. The summed E-state index contributed by atoms with van der Waals surface area (Å²) in [6.07, 6.45) is 9.59. The van der Waals surface area contributed by atoms with E-state index in [4.69, 9.17) is 0 Å². The van der Waals surface area contributed by atoms with Crippen molar-refractivity contribution in [3.8, 4) is 0 Å². The number of aliphatic hydroxyl groups excluding tert-OH is 1. The van der Waals surface area contributed by atoms with Crippen molar-refractivity contribution >= 4 is 0 Å². The Morgan fingerprint density at radius 1 is 1.00 bits per heavy atom. The van der Waals surface area contributed by atoms with Crippen LogP contribution in [0.3, 0.4) is 0 Å². The van der Waals surface area contributed by atoms with Crippen LogP contribution in [0.25, 0.3) is 0 Å². The van der Waals surface area contributed by atoms with Gasteiger partial charge >= 0.3 is 0 Å². The number of halogens is 2. The van der Waals surface area contributed by atoms with E-state index in [9.17, 15) is 13.9 Å². The van der Waals surface area contributed by atoms with Crippen molar-refractivity contribution in [1.82, 2.24) is 4.90 Å². The van der Waals surface area contributed by atoms with Gasteiger partial charge in [0.05, 0.1) is 0 Å². The maximum Gasteiger partial charge on any atom is 0.295 e. The second-order valence-electron chi connectivity index (χ2n) is 10.9. The number of allylic oxidation sites excluding steroid dienone is 1. The molecule has 152 valence electrons. The van der Waals surface area contributed by atoms with Crippen LogP contribution in [-0.4, -0.2) is 41.2 Å².